The molecule has 0 aliphatic carbocycles. The fourth-order valence-corrected chi connectivity index (χ4v) is 1.82. The Morgan fingerprint density at radius 3 is 2.74 bits per heavy atom. The lowest BCUT2D eigenvalue weighted by Gasteiger charge is -2.28. The smallest absolute Gasteiger partial charge is 0.417 e. The number of carbonyl (C=O) groups is 2. The molecule has 0 spiro atoms. The first-order valence-electron chi connectivity index (χ1n) is 6.04. The summed E-state index contributed by atoms with van der Waals surface area (Å²) in [5.74, 6) is -0.451. The molecule has 104 valence electrons. The monoisotopic (exact) mass is 267 g/mol. The third-order valence-electron chi connectivity index (χ3n) is 2.61. The first kappa shape index (κ1) is 13.5. The van der Waals surface area contributed by atoms with Gasteiger partial charge in [0.1, 0.15) is 11.3 Å². The minimum atomic E-state index is -0.657. The molecule has 1 N–H and O–H groups in total. The molecular weight excluding hydrogens is 250 g/mol. The van der Waals surface area contributed by atoms with Crippen molar-refractivity contribution >= 4 is 12.0 Å². The van der Waals surface area contributed by atoms with Crippen LogP contribution in [0.3, 0.4) is 0 Å². The fraction of sp³-hybridized carbons (Fsp3) is 0.583. The zero-order valence-electron chi connectivity index (χ0n) is 11.2. The molecule has 0 bridgehead atoms. The van der Waals surface area contributed by atoms with Crippen LogP contribution in [0, 0.1) is 0 Å². The van der Waals surface area contributed by atoms with Crippen molar-refractivity contribution in [2.45, 2.75) is 39.5 Å². The molecule has 2 amide bonds. The molecule has 7 nitrogen and oxygen atoms in total. The molecule has 0 fully saturated rings. The number of fused-ring (bicyclic) bond motifs is 1. The van der Waals surface area contributed by atoms with Gasteiger partial charge in [-0.3, -0.25) is 9.48 Å². The van der Waals surface area contributed by atoms with Crippen LogP contribution in [0.5, 0.6) is 0 Å². The van der Waals surface area contributed by atoms with E-state index in [9.17, 15) is 9.59 Å². The van der Waals surface area contributed by atoms with Gasteiger partial charge in [0.2, 0.25) is 0 Å². The molecule has 0 unspecified atom stereocenters. The maximum atomic E-state index is 12.2. The number of aliphatic hydroxyl groups excluding tert-OH is 1. The summed E-state index contributed by atoms with van der Waals surface area (Å²) in [5.41, 5.74) is 0.0567. The van der Waals surface area contributed by atoms with E-state index < -0.39 is 17.6 Å². The molecule has 19 heavy (non-hydrogen) atoms. The summed E-state index contributed by atoms with van der Waals surface area (Å²) in [5, 5.41) is 13.1. The Balaban J connectivity index is 2.19. The van der Waals surface area contributed by atoms with Gasteiger partial charge in [-0.15, -0.1) is 0 Å². The lowest BCUT2D eigenvalue weighted by molar-refractivity contribution is 0.0209. The van der Waals surface area contributed by atoms with E-state index in [2.05, 4.69) is 5.10 Å². The molecule has 2 heterocycles. The lowest BCUT2D eigenvalue weighted by atomic mass is 10.2. The Morgan fingerprint density at radius 1 is 1.47 bits per heavy atom. The Morgan fingerprint density at radius 2 is 2.16 bits per heavy atom. The van der Waals surface area contributed by atoms with Crippen LogP contribution in [-0.2, 0) is 17.9 Å². The second kappa shape index (κ2) is 4.65. The van der Waals surface area contributed by atoms with Crippen molar-refractivity contribution in [3.05, 3.63) is 17.5 Å². The maximum Gasteiger partial charge on any atom is 0.417 e. The number of imide groups is 1. The second-order valence-electron chi connectivity index (χ2n) is 5.34. The summed E-state index contributed by atoms with van der Waals surface area (Å²) >= 11 is 0. The predicted molar refractivity (Wildman–Crippen MR) is 65.4 cm³/mol. The third kappa shape index (κ3) is 2.76. The topological polar surface area (TPSA) is 84.7 Å². The van der Waals surface area contributed by atoms with E-state index in [0.717, 1.165) is 4.90 Å². The molecule has 1 aromatic rings. The van der Waals surface area contributed by atoms with Crippen LogP contribution in [-0.4, -0.2) is 43.9 Å². The van der Waals surface area contributed by atoms with Gasteiger partial charge in [-0.1, -0.05) is 0 Å². The molecule has 1 aliphatic heterocycles. The van der Waals surface area contributed by atoms with Crippen LogP contribution in [0.2, 0.25) is 0 Å². The number of rotatable bonds is 1. The van der Waals surface area contributed by atoms with E-state index in [4.69, 9.17) is 9.84 Å². The highest BCUT2D eigenvalue weighted by atomic mass is 16.6. The van der Waals surface area contributed by atoms with Gasteiger partial charge in [0.25, 0.3) is 5.91 Å². The number of aliphatic hydroxyl groups is 1. The molecule has 1 aromatic heterocycles. The molecule has 2 rings (SSSR count). The van der Waals surface area contributed by atoms with Crippen molar-refractivity contribution in [2.24, 2.45) is 0 Å². The first-order chi connectivity index (χ1) is 8.81. The largest absolute Gasteiger partial charge is 0.443 e. The number of carbonyl (C=O) groups excluding carboxylic acids is 2. The Hall–Kier alpha value is -1.89. The normalized spacial score (nSPS) is 15.4. The third-order valence-corrected chi connectivity index (χ3v) is 2.61. The number of hydrogen-bond donors (Lipinski definition) is 1. The van der Waals surface area contributed by atoms with Gasteiger partial charge in [0.15, 0.2) is 0 Å². The van der Waals surface area contributed by atoms with Gasteiger partial charge in [-0.25, -0.2) is 9.69 Å². The van der Waals surface area contributed by atoms with Crippen LogP contribution >= 0.6 is 0 Å². The van der Waals surface area contributed by atoms with Crippen LogP contribution in [0.25, 0.3) is 0 Å². The Labute approximate surface area is 110 Å². The summed E-state index contributed by atoms with van der Waals surface area (Å²) in [7, 11) is 0. The van der Waals surface area contributed by atoms with Crippen molar-refractivity contribution in [1.82, 2.24) is 14.7 Å². The minimum absolute atomic E-state index is 0.216. The average molecular weight is 267 g/mol. The molecule has 0 aromatic carbocycles. The van der Waals surface area contributed by atoms with Gasteiger partial charge in [0.05, 0.1) is 25.4 Å². The summed E-state index contributed by atoms with van der Waals surface area (Å²) in [6, 6.07) is 1.48. The zero-order chi connectivity index (χ0) is 14.2. The summed E-state index contributed by atoms with van der Waals surface area (Å²) in [6.45, 7) is 5.61. The minimum Gasteiger partial charge on any atom is -0.443 e. The molecule has 7 heteroatoms. The van der Waals surface area contributed by atoms with Crippen LogP contribution in [0.1, 0.15) is 37.0 Å². The van der Waals surface area contributed by atoms with Crippen molar-refractivity contribution in [2.75, 3.05) is 6.54 Å². The highest BCUT2D eigenvalue weighted by molar-refractivity contribution is 6.02. The van der Waals surface area contributed by atoms with Crippen molar-refractivity contribution < 1.29 is 19.4 Å². The van der Waals surface area contributed by atoms with Crippen LogP contribution in [0.4, 0.5) is 4.79 Å². The van der Waals surface area contributed by atoms with E-state index in [1.165, 1.54) is 10.7 Å². The van der Waals surface area contributed by atoms with Crippen LogP contribution < -0.4 is 0 Å². The van der Waals surface area contributed by atoms with E-state index in [1.807, 2.05) is 0 Å². The summed E-state index contributed by atoms with van der Waals surface area (Å²) in [6.07, 6.45) is -0.657. The predicted octanol–water partition coefficient (Wildman–Crippen LogP) is 0.766. The Bertz CT molecular complexity index is 516. The van der Waals surface area contributed by atoms with Crippen molar-refractivity contribution in [3.63, 3.8) is 0 Å². The van der Waals surface area contributed by atoms with Gasteiger partial charge in [0, 0.05) is 0 Å². The molecule has 0 saturated heterocycles. The van der Waals surface area contributed by atoms with Crippen LogP contribution in [0.15, 0.2) is 6.07 Å². The van der Waals surface area contributed by atoms with Crippen molar-refractivity contribution in [1.29, 1.82) is 0 Å². The van der Waals surface area contributed by atoms with Gasteiger partial charge >= 0.3 is 6.09 Å². The lowest BCUT2D eigenvalue weighted by Crippen LogP contribution is -2.46. The molecule has 0 radical (unpaired) electrons. The molecular formula is C12H17N3O4. The molecule has 0 saturated carbocycles. The standard InChI is InChI=1S/C12H17N3O4/c1-12(2,3)19-11(18)14-4-5-15-9(10(14)17)6-8(7-16)13-15/h6,16H,4-5,7H2,1-3H3. The quantitative estimate of drug-likeness (QED) is 0.812. The number of aromatic nitrogens is 2. The highest BCUT2D eigenvalue weighted by Crippen LogP contribution is 2.17. The SMILES string of the molecule is CC(C)(C)OC(=O)N1CCn2nc(CO)cc2C1=O. The van der Waals surface area contributed by atoms with E-state index >= 15 is 0 Å². The number of ether oxygens (including phenoxy) is 1. The Kier molecular flexibility index (Phi) is 3.32. The van der Waals surface area contributed by atoms with E-state index in [1.54, 1.807) is 20.8 Å². The number of amides is 2. The molecule has 0 atom stereocenters. The number of nitrogens with zero attached hydrogens (tertiary/aromatic N) is 3. The average Bonchev–Trinajstić information content (AvgIpc) is 2.71. The van der Waals surface area contributed by atoms with Gasteiger partial charge in [-0.05, 0) is 26.8 Å². The highest BCUT2D eigenvalue weighted by Gasteiger charge is 2.33. The molecule has 1 aliphatic rings. The van der Waals surface area contributed by atoms with Gasteiger partial charge < -0.3 is 9.84 Å². The zero-order valence-corrected chi connectivity index (χ0v) is 11.2. The van der Waals surface area contributed by atoms with E-state index in [-0.39, 0.29) is 13.2 Å². The fourth-order valence-electron chi connectivity index (χ4n) is 1.82. The van der Waals surface area contributed by atoms with E-state index in [0.29, 0.717) is 17.9 Å². The first-order valence-corrected chi connectivity index (χ1v) is 6.04. The summed E-state index contributed by atoms with van der Waals surface area (Å²) in [4.78, 5) is 25.1. The second-order valence-corrected chi connectivity index (χ2v) is 5.34. The van der Waals surface area contributed by atoms with Gasteiger partial charge in [-0.2, -0.15) is 5.10 Å². The number of hydrogen-bond acceptors (Lipinski definition) is 5. The maximum absolute atomic E-state index is 12.2. The van der Waals surface area contributed by atoms with Crippen molar-refractivity contribution in [3.8, 4) is 0 Å². The summed E-state index contributed by atoms with van der Waals surface area (Å²) < 4.78 is 6.68.